The normalized spacial score (nSPS) is 10.5. The summed E-state index contributed by atoms with van der Waals surface area (Å²) in [4.78, 5) is 14.7. The minimum Gasteiger partial charge on any atom is -0.497 e. The number of anilines is 1. The average molecular weight is 250 g/mol. The highest BCUT2D eigenvalue weighted by molar-refractivity contribution is 5.79. The van der Waals surface area contributed by atoms with E-state index in [-0.39, 0.29) is 6.61 Å². The van der Waals surface area contributed by atoms with Gasteiger partial charge in [0.2, 0.25) is 5.95 Å². The maximum absolute atomic E-state index is 10.5. The number of hydrogen-bond acceptors (Lipinski definition) is 5. The first-order valence-corrected chi connectivity index (χ1v) is 5.34. The number of carbonyl (C=O) groups excluding carboxylic acids is 1. The molecule has 0 saturated carbocycles. The summed E-state index contributed by atoms with van der Waals surface area (Å²) >= 11 is 0. The number of hydrogen-bond donors (Lipinski definition) is 2. The van der Waals surface area contributed by atoms with Gasteiger partial charge in [-0.15, -0.1) is 0 Å². The standard InChI is InChI=1S/C11H14N4O3/c1-17-7-2-3-9-8(6-7)14-10(12)15(9)4-5-18-11(13)16/h2-3,6H,4-5H2,1H3,(H2,12,14)(H2,13,16). The third kappa shape index (κ3) is 2.29. The summed E-state index contributed by atoms with van der Waals surface area (Å²) in [5, 5.41) is 0. The van der Waals surface area contributed by atoms with Crippen molar-refractivity contribution >= 4 is 23.1 Å². The number of fused-ring (bicyclic) bond motifs is 1. The van der Waals surface area contributed by atoms with Gasteiger partial charge in [-0.1, -0.05) is 0 Å². The summed E-state index contributed by atoms with van der Waals surface area (Å²) in [6.45, 7) is 0.550. The van der Waals surface area contributed by atoms with Gasteiger partial charge in [0.1, 0.15) is 12.4 Å². The Bertz CT molecular complexity index is 579. The highest BCUT2D eigenvalue weighted by Crippen LogP contribution is 2.22. The summed E-state index contributed by atoms with van der Waals surface area (Å²) < 4.78 is 11.5. The lowest BCUT2D eigenvalue weighted by atomic mass is 10.3. The molecule has 0 aliphatic carbocycles. The first kappa shape index (κ1) is 12.0. The van der Waals surface area contributed by atoms with Crippen molar-refractivity contribution in [3.05, 3.63) is 18.2 Å². The molecule has 18 heavy (non-hydrogen) atoms. The van der Waals surface area contributed by atoms with E-state index in [0.29, 0.717) is 18.2 Å². The van der Waals surface area contributed by atoms with E-state index in [1.165, 1.54) is 0 Å². The van der Waals surface area contributed by atoms with Gasteiger partial charge >= 0.3 is 6.09 Å². The third-order valence-electron chi connectivity index (χ3n) is 2.54. The van der Waals surface area contributed by atoms with Crippen LogP contribution in [0.15, 0.2) is 18.2 Å². The molecule has 0 aliphatic heterocycles. The Morgan fingerprint density at radius 2 is 2.28 bits per heavy atom. The number of ether oxygens (including phenoxy) is 2. The van der Waals surface area contributed by atoms with Gasteiger partial charge in [-0.25, -0.2) is 9.78 Å². The molecule has 7 nitrogen and oxygen atoms in total. The summed E-state index contributed by atoms with van der Waals surface area (Å²) in [6, 6.07) is 5.45. The predicted octanol–water partition coefficient (Wildman–Crippen LogP) is 0.722. The first-order valence-electron chi connectivity index (χ1n) is 5.34. The Morgan fingerprint density at radius 3 is 2.94 bits per heavy atom. The summed E-state index contributed by atoms with van der Waals surface area (Å²) in [7, 11) is 1.59. The molecule has 0 saturated heterocycles. The van der Waals surface area contributed by atoms with Crippen LogP contribution in [-0.4, -0.2) is 29.4 Å². The van der Waals surface area contributed by atoms with E-state index >= 15 is 0 Å². The fourth-order valence-electron chi connectivity index (χ4n) is 1.73. The molecule has 0 radical (unpaired) electrons. The zero-order valence-corrected chi connectivity index (χ0v) is 9.92. The number of nitrogens with zero attached hydrogens (tertiary/aromatic N) is 2. The van der Waals surface area contributed by atoms with Crippen molar-refractivity contribution in [1.82, 2.24) is 9.55 Å². The van der Waals surface area contributed by atoms with Crippen LogP contribution in [0.4, 0.5) is 10.7 Å². The summed E-state index contributed by atoms with van der Waals surface area (Å²) in [5.41, 5.74) is 12.3. The van der Waals surface area contributed by atoms with Gasteiger partial charge in [0.25, 0.3) is 0 Å². The molecule has 1 aromatic heterocycles. The quantitative estimate of drug-likeness (QED) is 0.831. The number of carbonyl (C=O) groups is 1. The number of methoxy groups -OCH3 is 1. The van der Waals surface area contributed by atoms with Gasteiger partial charge < -0.3 is 25.5 Å². The summed E-state index contributed by atoms with van der Waals surface area (Å²) in [5.74, 6) is 1.06. The molecule has 2 aromatic rings. The second-order valence-electron chi connectivity index (χ2n) is 3.64. The maximum atomic E-state index is 10.5. The van der Waals surface area contributed by atoms with Gasteiger partial charge in [0, 0.05) is 6.07 Å². The molecule has 0 spiro atoms. The number of rotatable bonds is 4. The highest BCUT2D eigenvalue weighted by Gasteiger charge is 2.09. The number of nitrogen functional groups attached to an aromatic ring is 1. The lowest BCUT2D eigenvalue weighted by Crippen LogP contribution is -2.17. The predicted molar refractivity (Wildman–Crippen MR) is 66.2 cm³/mol. The molecule has 0 fully saturated rings. The topological polar surface area (TPSA) is 105 Å². The van der Waals surface area contributed by atoms with Crippen molar-refractivity contribution in [3.63, 3.8) is 0 Å². The molecule has 0 aliphatic rings. The van der Waals surface area contributed by atoms with Crippen LogP contribution < -0.4 is 16.2 Å². The highest BCUT2D eigenvalue weighted by atomic mass is 16.5. The number of imidazole rings is 1. The molecule has 0 atom stereocenters. The monoisotopic (exact) mass is 250 g/mol. The van der Waals surface area contributed by atoms with Crippen LogP contribution in [0.5, 0.6) is 5.75 Å². The Kier molecular flexibility index (Phi) is 3.22. The van der Waals surface area contributed by atoms with Crippen LogP contribution in [-0.2, 0) is 11.3 Å². The van der Waals surface area contributed by atoms with Gasteiger partial charge in [-0.05, 0) is 12.1 Å². The molecule has 0 bridgehead atoms. The van der Waals surface area contributed by atoms with Crippen LogP contribution in [0.3, 0.4) is 0 Å². The molecule has 1 heterocycles. The number of amides is 1. The number of benzene rings is 1. The smallest absolute Gasteiger partial charge is 0.404 e. The largest absolute Gasteiger partial charge is 0.497 e. The summed E-state index contributed by atoms with van der Waals surface area (Å²) in [6.07, 6.45) is -0.806. The molecule has 2 rings (SSSR count). The fourth-order valence-corrected chi connectivity index (χ4v) is 1.73. The minimum absolute atomic E-state index is 0.150. The van der Waals surface area contributed by atoms with Crippen molar-refractivity contribution in [2.24, 2.45) is 5.73 Å². The lowest BCUT2D eigenvalue weighted by molar-refractivity contribution is 0.153. The van der Waals surface area contributed by atoms with Gasteiger partial charge in [-0.2, -0.15) is 0 Å². The van der Waals surface area contributed by atoms with Crippen LogP contribution in [0, 0.1) is 0 Å². The van der Waals surface area contributed by atoms with Crippen molar-refractivity contribution in [3.8, 4) is 5.75 Å². The van der Waals surface area contributed by atoms with E-state index in [1.54, 1.807) is 17.7 Å². The van der Waals surface area contributed by atoms with E-state index in [0.717, 1.165) is 11.0 Å². The number of primary amides is 1. The second kappa shape index (κ2) is 4.82. The zero-order valence-electron chi connectivity index (χ0n) is 9.92. The van der Waals surface area contributed by atoms with E-state index < -0.39 is 6.09 Å². The third-order valence-corrected chi connectivity index (χ3v) is 2.54. The van der Waals surface area contributed by atoms with Crippen LogP contribution >= 0.6 is 0 Å². The molecular formula is C11H14N4O3. The molecule has 1 aromatic carbocycles. The fraction of sp³-hybridized carbons (Fsp3) is 0.273. The van der Waals surface area contributed by atoms with E-state index in [9.17, 15) is 4.79 Å². The van der Waals surface area contributed by atoms with Gasteiger partial charge in [0.15, 0.2) is 0 Å². The van der Waals surface area contributed by atoms with Gasteiger partial charge in [0.05, 0.1) is 24.7 Å². The van der Waals surface area contributed by atoms with Crippen molar-refractivity contribution < 1.29 is 14.3 Å². The maximum Gasteiger partial charge on any atom is 0.404 e. The molecule has 0 unspecified atom stereocenters. The van der Waals surface area contributed by atoms with Crippen LogP contribution in [0.1, 0.15) is 0 Å². The number of aromatic nitrogens is 2. The molecule has 7 heteroatoms. The Labute approximate surface area is 103 Å². The van der Waals surface area contributed by atoms with Crippen LogP contribution in [0.2, 0.25) is 0 Å². The minimum atomic E-state index is -0.806. The number of nitrogens with two attached hydrogens (primary N) is 2. The Morgan fingerprint density at radius 1 is 1.50 bits per heavy atom. The van der Waals surface area contributed by atoms with E-state index in [1.807, 2.05) is 12.1 Å². The lowest BCUT2D eigenvalue weighted by Gasteiger charge is -2.06. The van der Waals surface area contributed by atoms with Crippen molar-refractivity contribution in [2.45, 2.75) is 6.54 Å². The zero-order chi connectivity index (χ0) is 13.1. The SMILES string of the molecule is COc1ccc2c(c1)nc(N)n2CCOC(N)=O. The van der Waals surface area contributed by atoms with Crippen molar-refractivity contribution in [1.29, 1.82) is 0 Å². The van der Waals surface area contributed by atoms with E-state index in [2.05, 4.69) is 9.72 Å². The van der Waals surface area contributed by atoms with Crippen molar-refractivity contribution in [2.75, 3.05) is 19.5 Å². The second-order valence-corrected chi connectivity index (χ2v) is 3.64. The Hall–Kier alpha value is -2.44. The Balaban J connectivity index is 2.27. The van der Waals surface area contributed by atoms with E-state index in [4.69, 9.17) is 16.2 Å². The van der Waals surface area contributed by atoms with Crippen LogP contribution in [0.25, 0.3) is 11.0 Å². The average Bonchev–Trinajstić information content (AvgIpc) is 2.64. The molecule has 96 valence electrons. The first-order chi connectivity index (χ1) is 8.61. The molecule has 4 N–H and O–H groups in total. The molecular weight excluding hydrogens is 236 g/mol. The molecule has 1 amide bonds. The van der Waals surface area contributed by atoms with Gasteiger partial charge in [-0.3, -0.25) is 0 Å².